The molecular weight excluding hydrogens is 110 g/mol. The van der Waals surface area contributed by atoms with E-state index in [9.17, 15) is 0 Å². The lowest BCUT2D eigenvalue weighted by Crippen LogP contribution is -2.07. The summed E-state index contributed by atoms with van der Waals surface area (Å²) in [5.41, 5.74) is 2.24. The highest BCUT2D eigenvalue weighted by molar-refractivity contribution is 5.04. The minimum atomic E-state index is 1.00. The molecule has 1 nitrogen and oxygen atoms in total. The largest absolute Gasteiger partial charge is 0.363 e. The fourth-order valence-corrected chi connectivity index (χ4v) is 0.639. The topological polar surface area (TPSA) is 12.0 Å². The third-order valence-corrected chi connectivity index (χ3v) is 1.10. The van der Waals surface area contributed by atoms with Gasteiger partial charge >= 0.3 is 0 Å². The number of hydrogen-bond donors (Lipinski definition) is 1. The molecule has 0 atom stereocenters. The molecular formula is C8H15N. The average molecular weight is 125 g/mol. The van der Waals surface area contributed by atoms with Gasteiger partial charge in [-0.15, -0.1) is 0 Å². The Hall–Kier alpha value is -0.720. The standard InChI is InChI=1S/C8H15N/c1-5-8(6-2)9-7(3)4/h5,9H,3,6H2,1-2,4H3/b8-5-. The third-order valence-electron chi connectivity index (χ3n) is 1.10. The zero-order valence-corrected chi connectivity index (χ0v) is 6.49. The van der Waals surface area contributed by atoms with Gasteiger partial charge in [-0.2, -0.15) is 0 Å². The Morgan fingerprint density at radius 1 is 1.67 bits per heavy atom. The van der Waals surface area contributed by atoms with Crippen LogP contribution < -0.4 is 5.32 Å². The zero-order chi connectivity index (χ0) is 7.28. The van der Waals surface area contributed by atoms with E-state index >= 15 is 0 Å². The first-order chi connectivity index (χ1) is 4.20. The summed E-state index contributed by atoms with van der Waals surface area (Å²) in [6.07, 6.45) is 3.11. The quantitative estimate of drug-likeness (QED) is 0.610. The molecule has 9 heavy (non-hydrogen) atoms. The Morgan fingerprint density at radius 3 is 2.33 bits per heavy atom. The molecule has 0 aromatic heterocycles. The first-order valence-electron chi connectivity index (χ1n) is 3.28. The van der Waals surface area contributed by atoms with Gasteiger partial charge in [-0.1, -0.05) is 19.6 Å². The Bertz CT molecular complexity index is 123. The molecule has 0 unspecified atom stereocenters. The minimum absolute atomic E-state index is 1.00. The van der Waals surface area contributed by atoms with Crippen LogP contribution in [0.4, 0.5) is 0 Å². The van der Waals surface area contributed by atoms with Gasteiger partial charge in [-0.3, -0.25) is 0 Å². The smallest absolute Gasteiger partial charge is 0.0102 e. The van der Waals surface area contributed by atoms with Crippen molar-refractivity contribution in [2.24, 2.45) is 0 Å². The van der Waals surface area contributed by atoms with Crippen LogP contribution in [-0.4, -0.2) is 0 Å². The predicted molar refractivity (Wildman–Crippen MR) is 42.0 cm³/mol. The SMILES string of the molecule is C=C(C)N/C(=C\C)CC. The Labute approximate surface area is 57.5 Å². The van der Waals surface area contributed by atoms with Crippen molar-refractivity contribution in [3.8, 4) is 0 Å². The van der Waals surface area contributed by atoms with Gasteiger partial charge < -0.3 is 5.32 Å². The predicted octanol–water partition coefficient (Wildman–Crippen LogP) is 2.42. The van der Waals surface area contributed by atoms with Crippen LogP contribution in [-0.2, 0) is 0 Å². The van der Waals surface area contributed by atoms with Gasteiger partial charge in [0, 0.05) is 11.4 Å². The van der Waals surface area contributed by atoms with Crippen LogP contribution in [0, 0.1) is 0 Å². The van der Waals surface area contributed by atoms with Gasteiger partial charge in [-0.25, -0.2) is 0 Å². The van der Waals surface area contributed by atoms with Crippen molar-refractivity contribution in [3.05, 3.63) is 24.0 Å². The van der Waals surface area contributed by atoms with Crippen LogP contribution in [0.25, 0.3) is 0 Å². The molecule has 0 aliphatic rings. The molecule has 0 spiro atoms. The Morgan fingerprint density at radius 2 is 2.22 bits per heavy atom. The molecule has 0 aliphatic heterocycles. The van der Waals surface area contributed by atoms with E-state index < -0.39 is 0 Å². The van der Waals surface area contributed by atoms with Crippen LogP contribution in [0.1, 0.15) is 27.2 Å². The maximum Gasteiger partial charge on any atom is 0.0102 e. The lowest BCUT2D eigenvalue weighted by atomic mass is 10.3. The van der Waals surface area contributed by atoms with Gasteiger partial charge in [0.25, 0.3) is 0 Å². The molecule has 52 valence electrons. The van der Waals surface area contributed by atoms with Gasteiger partial charge in [0.1, 0.15) is 0 Å². The van der Waals surface area contributed by atoms with E-state index in [2.05, 4.69) is 24.9 Å². The first kappa shape index (κ1) is 8.28. The monoisotopic (exact) mass is 125 g/mol. The molecule has 0 saturated heterocycles. The highest BCUT2D eigenvalue weighted by Gasteiger charge is 1.87. The van der Waals surface area contributed by atoms with E-state index in [1.165, 1.54) is 5.70 Å². The van der Waals surface area contributed by atoms with Gasteiger partial charge in [0.2, 0.25) is 0 Å². The minimum Gasteiger partial charge on any atom is -0.363 e. The molecule has 0 bridgehead atoms. The van der Waals surface area contributed by atoms with Gasteiger partial charge in [-0.05, 0) is 20.3 Å². The number of nitrogens with one attached hydrogen (secondary N) is 1. The Balaban J connectivity index is 3.71. The molecule has 0 aromatic carbocycles. The second-order valence-corrected chi connectivity index (χ2v) is 2.07. The second-order valence-electron chi connectivity index (χ2n) is 2.07. The molecule has 0 radical (unpaired) electrons. The second kappa shape index (κ2) is 4.19. The maximum absolute atomic E-state index is 3.74. The average Bonchev–Trinajstić information content (AvgIpc) is 1.82. The van der Waals surface area contributed by atoms with Crippen LogP contribution in [0.3, 0.4) is 0 Å². The summed E-state index contributed by atoms with van der Waals surface area (Å²) in [5, 5.41) is 3.15. The molecule has 0 saturated carbocycles. The van der Waals surface area contributed by atoms with Crippen LogP contribution in [0.2, 0.25) is 0 Å². The van der Waals surface area contributed by atoms with Crippen molar-refractivity contribution < 1.29 is 0 Å². The van der Waals surface area contributed by atoms with Gasteiger partial charge in [0.05, 0.1) is 0 Å². The summed E-state index contributed by atoms with van der Waals surface area (Å²) in [6, 6.07) is 0. The van der Waals surface area contributed by atoms with E-state index in [1.807, 2.05) is 13.8 Å². The normalized spacial score (nSPS) is 11.2. The van der Waals surface area contributed by atoms with Crippen LogP contribution >= 0.6 is 0 Å². The summed E-state index contributed by atoms with van der Waals surface area (Å²) in [5.74, 6) is 0. The van der Waals surface area contributed by atoms with E-state index in [1.54, 1.807) is 0 Å². The highest BCUT2D eigenvalue weighted by atomic mass is 14.9. The molecule has 1 heteroatoms. The zero-order valence-electron chi connectivity index (χ0n) is 6.49. The molecule has 0 fully saturated rings. The molecule has 0 aliphatic carbocycles. The molecule has 1 N–H and O–H groups in total. The highest BCUT2D eigenvalue weighted by Crippen LogP contribution is 1.96. The molecule has 0 aromatic rings. The number of hydrogen-bond acceptors (Lipinski definition) is 1. The van der Waals surface area contributed by atoms with E-state index in [4.69, 9.17) is 0 Å². The summed E-state index contributed by atoms with van der Waals surface area (Å²) >= 11 is 0. The van der Waals surface area contributed by atoms with Crippen molar-refractivity contribution in [3.63, 3.8) is 0 Å². The summed E-state index contributed by atoms with van der Waals surface area (Å²) in [6.45, 7) is 9.84. The Kier molecular flexibility index (Phi) is 3.85. The molecule has 0 rings (SSSR count). The van der Waals surface area contributed by atoms with Crippen LogP contribution in [0.5, 0.6) is 0 Å². The van der Waals surface area contributed by atoms with Crippen molar-refractivity contribution >= 4 is 0 Å². The fourth-order valence-electron chi connectivity index (χ4n) is 0.639. The fraction of sp³-hybridized carbons (Fsp3) is 0.500. The van der Waals surface area contributed by atoms with E-state index in [0.717, 1.165) is 12.1 Å². The lowest BCUT2D eigenvalue weighted by molar-refractivity contribution is 0.891. The summed E-state index contributed by atoms with van der Waals surface area (Å²) < 4.78 is 0. The van der Waals surface area contributed by atoms with Crippen molar-refractivity contribution in [2.75, 3.05) is 0 Å². The molecule has 0 amide bonds. The van der Waals surface area contributed by atoms with Crippen LogP contribution in [0.15, 0.2) is 24.0 Å². The first-order valence-corrected chi connectivity index (χ1v) is 3.28. The molecule has 0 heterocycles. The lowest BCUT2D eigenvalue weighted by Gasteiger charge is -2.05. The third kappa shape index (κ3) is 3.83. The summed E-state index contributed by atoms with van der Waals surface area (Å²) in [7, 11) is 0. The summed E-state index contributed by atoms with van der Waals surface area (Å²) in [4.78, 5) is 0. The number of allylic oxidation sites excluding steroid dienone is 3. The van der Waals surface area contributed by atoms with Crippen molar-refractivity contribution in [1.82, 2.24) is 5.32 Å². The van der Waals surface area contributed by atoms with Crippen molar-refractivity contribution in [2.45, 2.75) is 27.2 Å². The van der Waals surface area contributed by atoms with E-state index in [-0.39, 0.29) is 0 Å². The van der Waals surface area contributed by atoms with Crippen molar-refractivity contribution in [1.29, 1.82) is 0 Å². The maximum atomic E-state index is 3.74. The van der Waals surface area contributed by atoms with Gasteiger partial charge in [0.15, 0.2) is 0 Å². The number of rotatable bonds is 3. The van der Waals surface area contributed by atoms with E-state index in [0.29, 0.717) is 0 Å².